The Morgan fingerprint density at radius 3 is 2.49 bits per heavy atom. The molecule has 2 atom stereocenters. The maximum Gasteiger partial charge on any atom is 0.261 e. The van der Waals surface area contributed by atoms with Crippen LogP contribution in [0, 0.1) is 5.82 Å². The van der Waals surface area contributed by atoms with Gasteiger partial charge in [0.25, 0.3) is 5.91 Å². The number of rotatable bonds is 9. The molecule has 1 fully saturated rings. The molecule has 2 heterocycles. The van der Waals surface area contributed by atoms with E-state index in [-0.39, 0.29) is 18.3 Å². The lowest BCUT2D eigenvalue weighted by Crippen LogP contribution is -2.48. The standard InChI is InChI=1S/C26H26FN3O4S/c27-20-11-4-5-12-21(20)30(23(31)17-29-25(32)22-13-7-15-35-22)24(18-8-2-1-3-9-18)26(33)28-16-19-10-6-14-34-19/h1-5,7-9,11-13,15,19,24H,6,10,14,16-17H2,(H,28,33)(H,29,32)/t19-,24+/m0/s1. The van der Waals surface area contributed by atoms with Gasteiger partial charge in [0.2, 0.25) is 11.8 Å². The number of hydrogen-bond acceptors (Lipinski definition) is 5. The molecule has 4 rings (SSSR count). The van der Waals surface area contributed by atoms with Gasteiger partial charge in [-0.25, -0.2) is 4.39 Å². The van der Waals surface area contributed by atoms with E-state index >= 15 is 0 Å². The van der Waals surface area contributed by atoms with Gasteiger partial charge in [-0.05, 0) is 42.0 Å². The number of halogens is 1. The lowest BCUT2D eigenvalue weighted by molar-refractivity contribution is -0.126. The Labute approximate surface area is 206 Å². The molecule has 182 valence electrons. The second-order valence-corrected chi connectivity index (χ2v) is 9.02. The number of anilines is 1. The van der Waals surface area contributed by atoms with E-state index in [0.29, 0.717) is 17.0 Å². The highest BCUT2D eigenvalue weighted by atomic mass is 32.1. The first-order chi connectivity index (χ1) is 17.0. The topological polar surface area (TPSA) is 87.7 Å². The van der Waals surface area contributed by atoms with Crippen molar-refractivity contribution in [1.29, 1.82) is 0 Å². The fraction of sp³-hybridized carbons (Fsp3) is 0.269. The molecule has 0 bridgehead atoms. The van der Waals surface area contributed by atoms with Crippen molar-refractivity contribution in [2.45, 2.75) is 25.0 Å². The van der Waals surface area contributed by atoms with E-state index in [9.17, 15) is 18.8 Å². The van der Waals surface area contributed by atoms with Crippen LogP contribution in [0.2, 0.25) is 0 Å². The van der Waals surface area contributed by atoms with Crippen LogP contribution in [0.3, 0.4) is 0 Å². The van der Waals surface area contributed by atoms with Crippen LogP contribution in [0.15, 0.2) is 72.1 Å². The Kier molecular flexibility index (Phi) is 8.23. The second kappa shape index (κ2) is 11.7. The molecule has 0 spiro atoms. The maximum absolute atomic E-state index is 15.0. The quantitative estimate of drug-likeness (QED) is 0.474. The molecule has 7 nitrogen and oxygen atoms in total. The van der Waals surface area contributed by atoms with Crippen LogP contribution >= 0.6 is 11.3 Å². The van der Waals surface area contributed by atoms with Gasteiger partial charge >= 0.3 is 0 Å². The summed E-state index contributed by atoms with van der Waals surface area (Å²) in [5.41, 5.74) is 0.461. The number of thiophene rings is 1. The zero-order valence-corrected chi connectivity index (χ0v) is 19.8. The van der Waals surface area contributed by atoms with Gasteiger partial charge in [0.1, 0.15) is 11.9 Å². The van der Waals surface area contributed by atoms with E-state index in [1.54, 1.807) is 53.9 Å². The second-order valence-electron chi connectivity index (χ2n) is 8.07. The van der Waals surface area contributed by atoms with Crippen molar-refractivity contribution in [3.8, 4) is 0 Å². The lowest BCUT2D eigenvalue weighted by Gasteiger charge is -2.32. The summed E-state index contributed by atoms with van der Waals surface area (Å²) in [6.45, 7) is 0.524. The van der Waals surface area contributed by atoms with Crippen molar-refractivity contribution in [2.24, 2.45) is 0 Å². The van der Waals surface area contributed by atoms with Gasteiger partial charge in [-0.15, -0.1) is 11.3 Å². The SMILES string of the molecule is O=C(NCC(=O)N(c1ccccc1F)[C@@H](C(=O)NC[C@@H]1CCCO1)c1ccccc1)c1cccs1. The number of carbonyl (C=O) groups excluding carboxylic acids is 3. The molecule has 1 aliphatic rings. The molecule has 3 aromatic rings. The monoisotopic (exact) mass is 495 g/mol. The van der Waals surface area contributed by atoms with Crippen molar-refractivity contribution < 1.29 is 23.5 Å². The Morgan fingerprint density at radius 2 is 1.80 bits per heavy atom. The third-order valence-electron chi connectivity index (χ3n) is 5.68. The first kappa shape index (κ1) is 24.6. The third-order valence-corrected chi connectivity index (χ3v) is 6.54. The summed E-state index contributed by atoms with van der Waals surface area (Å²) >= 11 is 1.24. The summed E-state index contributed by atoms with van der Waals surface area (Å²) in [7, 11) is 0. The third kappa shape index (κ3) is 6.12. The van der Waals surface area contributed by atoms with Gasteiger partial charge < -0.3 is 15.4 Å². The van der Waals surface area contributed by atoms with Crippen molar-refractivity contribution in [3.63, 3.8) is 0 Å². The van der Waals surface area contributed by atoms with Crippen LogP contribution in [0.1, 0.15) is 34.1 Å². The van der Waals surface area contributed by atoms with E-state index < -0.39 is 36.1 Å². The van der Waals surface area contributed by atoms with Crippen LogP contribution in [0.4, 0.5) is 10.1 Å². The summed E-state index contributed by atoms with van der Waals surface area (Å²) in [4.78, 5) is 41.0. The van der Waals surface area contributed by atoms with Gasteiger partial charge in [0, 0.05) is 13.2 Å². The van der Waals surface area contributed by atoms with Crippen LogP contribution in [-0.2, 0) is 14.3 Å². The number of amides is 3. The van der Waals surface area contributed by atoms with Gasteiger partial charge in [0.05, 0.1) is 23.2 Å². The lowest BCUT2D eigenvalue weighted by atomic mass is 10.0. The minimum absolute atomic E-state index is 0.0519. The van der Waals surface area contributed by atoms with Crippen molar-refractivity contribution >= 4 is 34.7 Å². The van der Waals surface area contributed by atoms with Crippen LogP contribution < -0.4 is 15.5 Å². The summed E-state index contributed by atoms with van der Waals surface area (Å²) in [6, 6.07) is 16.7. The summed E-state index contributed by atoms with van der Waals surface area (Å²) in [5, 5.41) is 7.21. The van der Waals surface area contributed by atoms with Crippen molar-refractivity contribution in [3.05, 3.63) is 88.4 Å². The molecule has 1 saturated heterocycles. The van der Waals surface area contributed by atoms with Crippen LogP contribution in [-0.4, -0.2) is 43.5 Å². The summed E-state index contributed by atoms with van der Waals surface area (Å²) < 4.78 is 20.6. The van der Waals surface area contributed by atoms with E-state index in [0.717, 1.165) is 17.7 Å². The molecule has 1 aliphatic heterocycles. The first-order valence-electron chi connectivity index (χ1n) is 11.4. The normalized spacial score (nSPS) is 15.9. The molecule has 0 aliphatic carbocycles. The summed E-state index contributed by atoms with van der Waals surface area (Å²) in [5.74, 6) is -2.16. The number of hydrogen-bond donors (Lipinski definition) is 2. The smallest absolute Gasteiger partial charge is 0.261 e. The van der Waals surface area contributed by atoms with Crippen LogP contribution in [0.5, 0.6) is 0 Å². The first-order valence-corrected chi connectivity index (χ1v) is 12.2. The zero-order valence-electron chi connectivity index (χ0n) is 19.0. The van der Waals surface area contributed by atoms with Gasteiger partial charge in [-0.3, -0.25) is 19.3 Å². The van der Waals surface area contributed by atoms with Gasteiger partial charge in [0.15, 0.2) is 0 Å². The van der Waals surface area contributed by atoms with Crippen molar-refractivity contribution in [2.75, 3.05) is 24.6 Å². The maximum atomic E-state index is 15.0. The van der Waals surface area contributed by atoms with Crippen LogP contribution in [0.25, 0.3) is 0 Å². The Bertz CT molecular complexity index is 1150. The Morgan fingerprint density at radius 1 is 1.03 bits per heavy atom. The molecular weight excluding hydrogens is 469 g/mol. The fourth-order valence-electron chi connectivity index (χ4n) is 3.97. The Hall–Kier alpha value is -3.56. The molecule has 3 amide bonds. The average molecular weight is 496 g/mol. The number of nitrogens with zero attached hydrogens (tertiary/aromatic N) is 1. The highest BCUT2D eigenvalue weighted by Gasteiger charge is 2.34. The molecule has 1 aromatic heterocycles. The average Bonchev–Trinajstić information content (AvgIpc) is 3.60. The number of nitrogens with one attached hydrogen (secondary N) is 2. The number of ether oxygens (including phenoxy) is 1. The highest BCUT2D eigenvalue weighted by molar-refractivity contribution is 7.12. The predicted molar refractivity (Wildman–Crippen MR) is 132 cm³/mol. The molecule has 9 heteroatoms. The largest absolute Gasteiger partial charge is 0.376 e. The minimum atomic E-state index is -1.15. The van der Waals surface area contributed by atoms with Gasteiger partial charge in [-0.1, -0.05) is 48.5 Å². The summed E-state index contributed by atoms with van der Waals surface area (Å²) in [6.07, 6.45) is 1.66. The Balaban J connectivity index is 1.64. The molecule has 0 radical (unpaired) electrons. The number of benzene rings is 2. The predicted octanol–water partition coefficient (Wildman–Crippen LogP) is 3.69. The molecule has 0 unspecified atom stereocenters. The fourth-order valence-corrected chi connectivity index (χ4v) is 4.61. The highest BCUT2D eigenvalue weighted by Crippen LogP contribution is 2.30. The van der Waals surface area contributed by atoms with Crippen molar-refractivity contribution in [1.82, 2.24) is 10.6 Å². The minimum Gasteiger partial charge on any atom is -0.376 e. The van der Waals surface area contributed by atoms with E-state index in [1.807, 2.05) is 0 Å². The zero-order chi connectivity index (χ0) is 24.6. The molecular formula is C26H26FN3O4S. The number of carbonyl (C=O) groups is 3. The number of para-hydroxylation sites is 1. The van der Waals surface area contributed by atoms with E-state index in [1.165, 1.54) is 29.5 Å². The van der Waals surface area contributed by atoms with E-state index in [4.69, 9.17) is 4.74 Å². The van der Waals surface area contributed by atoms with E-state index in [2.05, 4.69) is 10.6 Å². The molecule has 2 aromatic carbocycles. The van der Waals surface area contributed by atoms with Gasteiger partial charge in [-0.2, -0.15) is 0 Å². The molecule has 2 N–H and O–H groups in total. The molecule has 0 saturated carbocycles. The molecule has 35 heavy (non-hydrogen) atoms.